The van der Waals surface area contributed by atoms with Gasteiger partial charge in [-0.15, -0.1) is 4.91 Å². The molecule has 1 amide bonds. The second-order valence-corrected chi connectivity index (χ2v) is 10.3. The summed E-state index contributed by atoms with van der Waals surface area (Å²) in [6, 6.07) is 11.6. The molecule has 1 saturated carbocycles. The molecule has 37 heavy (non-hydrogen) atoms. The number of hydrogen-bond acceptors (Lipinski definition) is 6. The van der Waals surface area contributed by atoms with Crippen LogP contribution in [-0.4, -0.2) is 42.1 Å². The number of benzene rings is 2. The molecular weight excluding hydrogens is 471 g/mol. The zero-order chi connectivity index (χ0) is 25.6. The molecule has 1 aromatic heterocycles. The first-order valence-electron chi connectivity index (χ1n) is 13.3. The number of halogens is 1. The number of aromatic nitrogens is 1. The van der Waals surface area contributed by atoms with Crippen molar-refractivity contribution in [1.82, 2.24) is 15.4 Å². The Balaban J connectivity index is 1.12. The van der Waals surface area contributed by atoms with Gasteiger partial charge < -0.3 is 14.7 Å². The highest BCUT2D eigenvalue weighted by Gasteiger charge is 2.30. The van der Waals surface area contributed by atoms with Gasteiger partial charge in [-0.05, 0) is 80.1 Å². The highest BCUT2D eigenvalue weighted by Crippen LogP contribution is 2.35. The lowest BCUT2D eigenvalue weighted by Crippen LogP contribution is -2.42. The molecule has 1 saturated heterocycles. The third kappa shape index (κ3) is 6.13. The van der Waals surface area contributed by atoms with E-state index < -0.39 is 0 Å². The lowest BCUT2D eigenvalue weighted by Gasteiger charge is -2.38. The molecule has 1 aliphatic heterocycles. The van der Waals surface area contributed by atoms with E-state index in [1.807, 2.05) is 6.07 Å². The minimum atomic E-state index is -0.306. The Kier molecular flexibility index (Phi) is 8.04. The maximum absolute atomic E-state index is 13.5. The molecule has 0 spiro atoms. The number of nitrogens with one attached hydrogen (secondary N) is 1. The molecule has 2 fully saturated rings. The predicted molar refractivity (Wildman–Crippen MR) is 142 cm³/mol. The smallest absolute Gasteiger partial charge is 0.244 e. The normalized spacial score (nSPS) is 21.4. The van der Waals surface area contributed by atoms with Crippen LogP contribution in [0.1, 0.15) is 55.7 Å². The van der Waals surface area contributed by atoms with Crippen molar-refractivity contribution in [1.29, 1.82) is 0 Å². The number of fused-ring (bicyclic) bond motifs is 1. The Labute approximate surface area is 216 Å². The summed E-state index contributed by atoms with van der Waals surface area (Å²) in [5.74, 6) is 0.897. The highest BCUT2D eigenvalue weighted by atomic mass is 19.1. The number of rotatable bonds is 8. The number of nitroso groups, excluding NO2 is 1. The first-order valence-corrected chi connectivity index (χ1v) is 13.3. The van der Waals surface area contributed by atoms with Crippen LogP contribution in [0, 0.1) is 22.6 Å². The molecule has 2 atom stereocenters. The van der Waals surface area contributed by atoms with Gasteiger partial charge in [0.15, 0.2) is 5.58 Å². The summed E-state index contributed by atoms with van der Waals surface area (Å²) in [5.41, 5.74) is 2.43. The minimum absolute atomic E-state index is 0.148. The molecule has 2 aliphatic rings. The van der Waals surface area contributed by atoms with Crippen LogP contribution < -0.4 is 5.32 Å². The van der Waals surface area contributed by atoms with Crippen LogP contribution in [0.3, 0.4) is 0 Å². The molecule has 1 aliphatic carbocycles. The largest absolute Gasteiger partial charge is 0.356 e. The third-order valence-corrected chi connectivity index (χ3v) is 7.98. The van der Waals surface area contributed by atoms with Crippen molar-refractivity contribution in [2.45, 2.75) is 44.4 Å². The number of carbonyl (C=O) groups is 1. The van der Waals surface area contributed by atoms with E-state index in [0.717, 1.165) is 50.0 Å². The van der Waals surface area contributed by atoms with Gasteiger partial charge >= 0.3 is 0 Å². The van der Waals surface area contributed by atoms with Crippen molar-refractivity contribution < 1.29 is 13.7 Å². The fourth-order valence-corrected chi connectivity index (χ4v) is 5.91. The SMILES string of the molecule is O=Nc1ccccc1/C=C/C(=O)NC[C@@H]1CCCC[C@H]1CN1CCC(c2noc3cc(F)ccc23)CC1. The molecule has 0 radical (unpaired) electrons. The third-order valence-electron chi connectivity index (χ3n) is 7.98. The van der Waals surface area contributed by atoms with Crippen LogP contribution in [0.5, 0.6) is 0 Å². The monoisotopic (exact) mass is 504 g/mol. The van der Waals surface area contributed by atoms with E-state index in [9.17, 15) is 14.1 Å². The van der Waals surface area contributed by atoms with Crippen LogP contribution in [0.15, 0.2) is 58.2 Å². The van der Waals surface area contributed by atoms with Gasteiger partial charge in [-0.25, -0.2) is 4.39 Å². The average molecular weight is 505 g/mol. The van der Waals surface area contributed by atoms with Gasteiger partial charge in [-0.2, -0.15) is 0 Å². The number of amides is 1. The van der Waals surface area contributed by atoms with Crippen LogP contribution in [0.4, 0.5) is 10.1 Å². The Morgan fingerprint density at radius 1 is 1.11 bits per heavy atom. The van der Waals surface area contributed by atoms with Crippen LogP contribution >= 0.6 is 0 Å². The summed E-state index contributed by atoms with van der Waals surface area (Å²) in [7, 11) is 0. The number of hydrogen-bond donors (Lipinski definition) is 1. The van der Waals surface area contributed by atoms with Gasteiger partial charge in [0.2, 0.25) is 5.91 Å². The number of piperidine rings is 1. The highest BCUT2D eigenvalue weighted by molar-refractivity contribution is 5.92. The maximum atomic E-state index is 13.5. The molecule has 0 bridgehead atoms. The fraction of sp³-hybridized carbons (Fsp3) is 0.448. The molecule has 1 N–H and O–H groups in total. The molecule has 0 unspecified atom stereocenters. The molecule has 3 aromatic rings. The molecule has 5 rings (SSSR count). The van der Waals surface area contributed by atoms with Gasteiger partial charge in [0, 0.05) is 42.1 Å². The predicted octanol–water partition coefficient (Wildman–Crippen LogP) is 6.18. The van der Waals surface area contributed by atoms with Gasteiger partial charge in [0.25, 0.3) is 0 Å². The van der Waals surface area contributed by atoms with E-state index in [1.54, 1.807) is 30.3 Å². The Morgan fingerprint density at radius 2 is 1.89 bits per heavy atom. The van der Waals surface area contributed by atoms with Crippen molar-refractivity contribution in [3.05, 3.63) is 70.5 Å². The zero-order valence-electron chi connectivity index (χ0n) is 20.9. The lowest BCUT2D eigenvalue weighted by atomic mass is 9.78. The van der Waals surface area contributed by atoms with Crippen LogP contribution in [0.2, 0.25) is 0 Å². The number of carbonyl (C=O) groups excluding carboxylic acids is 1. The molecule has 8 heteroatoms. The van der Waals surface area contributed by atoms with E-state index in [2.05, 4.69) is 20.6 Å². The summed E-state index contributed by atoms with van der Waals surface area (Å²) < 4.78 is 18.9. The molecule has 2 heterocycles. The number of likely N-dealkylation sites (tertiary alicyclic amines) is 1. The summed E-state index contributed by atoms with van der Waals surface area (Å²) in [5, 5.41) is 11.3. The van der Waals surface area contributed by atoms with Crippen molar-refractivity contribution >= 4 is 28.6 Å². The zero-order valence-corrected chi connectivity index (χ0v) is 20.9. The van der Waals surface area contributed by atoms with Crippen molar-refractivity contribution in [2.24, 2.45) is 17.0 Å². The molecule has 2 aromatic carbocycles. The van der Waals surface area contributed by atoms with Crippen molar-refractivity contribution in [3.63, 3.8) is 0 Å². The van der Waals surface area contributed by atoms with E-state index in [-0.39, 0.29) is 11.7 Å². The average Bonchev–Trinajstić information content (AvgIpc) is 3.35. The molecule has 7 nitrogen and oxygen atoms in total. The van der Waals surface area contributed by atoms with Gasteiger partial charge in [-0.1, -0.05) is 36.2 Å². The number of nitrogens with zero attached hydrogens (tertiary/aromatic N) is 3. The van der Waals surface area contributed by atoms with Gasteiger partial charge in [0.1, 0.15) is 11.5 Å². The second kappa shape index (κ2) is 11.8. The van der Waals surface area contributed by atoms with Crippen LogP contribution in [-0.2, 0) is 4.79 Å². The Morgan fingerprint density at radius 3 is 2.70 bits per heavy atom. The van der Waals surface area contributed by atoms with Crippen molar-refractivity contribution in [2.75, 3.05) is 26.2 Å². The summed E-state index contributed by atoms with van der Waals surface area (Å²) in [6.45, 7) is 3.72. The summed E-state index contributed by atoms with van der Waals surface area (Å²) in [4.78, 5) is 25.9. The first-order chi connectivity index (χ1) is 18.1. The standard InChI is InChI=1S/C29H33FN4O3/c30-24-10-11-25-27(17-24)37-33-29(25)21-13-15-34(16-14-21)19-23-7-2-1-6-22(23)18-31-28(35)12-9-20-5-3-4-8-26(20)32-36/h3-5,8-12,17,21-23H,1-2,6-7,13-16,18-19H2,(H,31,35)/b12-9+/t22-,23-/m0/s1. The molecule has 194 valence electrons. The minimum Gasteiger partial charge on any atom is -0.356 e. The van der Waals surface area contributed by atoms with E-state index >= 15 is 0 Å². The molecular formula is C29H33FN4O3. The van der Waals surface area contributed by atoms with E-state index in [1.165, 1.54) is 37.5 Å². The van der Waals surface area contributed by atoms with Gasteiger partial charge in [-0.3, -0.25) is 4.79 Å². The first kappa shape index (κ1) is 25.3. The Bertz CT molecular complexity index is 1270. The quantitative estimate of drug-likeness (QED) is 0.292. The Hall–Kier alpha value is -3.39. The summed E-state index contributed by atoms with van der Waals surface area (Å²) >= 11 is 0. The van der Waals surface area contributed by atoms with Gasteiger partial charge in [0.05, 0.1) is 5.69 Å². The van der Waals surface area contributed by atoms with Crippen LogP contribution in [0.25, 0.3) is 17.0 Å². The topological polar surface area (TPSA) is 87.8 Å². The van der Waals surface area contributed by atoms with E-state index in [0.29, 0.717) is 41.1 Å². The maximum Gasteiger partial charge on any atom is 0.244 e. The van der Waals surface area contributed by atoms with Crippen molar-refractivity contribution in [3.8, 4) is 0 Å². The lowest BCUT2D eigenvalue weighted by molar-refractivity contribution is -0.116. The van der Waals surface area contributed by atoms with E-state index in [4.69, 9.17) is 4.52 Å². The second-order valence-electron chi connectivity index (χ2n) is 10.3. The summed E-state index contributed by atoms with van der Waals surface area (Å²) in [6.07, 6.45) is 9.90. The fourth-order valence-electron chi connectivity index (χ4n) is 5.91.